The fourth-order valence-electron chi connectivity index (χ4n) is 2.50. The van der Waals surface area contributed by atoms with Crippen molar-refractivity contribution >= 4 is 29.1 Å². The minimum Gasteiger partial charge on any atom is -0.302 e. The number of rotatable bonds is 5. The van der Waals surface area contributed by atoms with E-state index in [9.17, 15) is 9.59 Å². The Morgan fingerprint density at radius 1 is 1.39 bits per heavy atom. The highest BCUT2D eigenvalue weighted by Crippen LogP contribution is 2.39. The second-order valence-corrected chi connectivity index (χ2v) is 5.44. The third-order valence-corrected chi connectivity index (χ3v) is 3.61. The molecule has 1 aliphatic rings. The van der Waals surface area contributed by atoms with E-state index in [1.165, 1.54) is 0 Å². The molecule has 2 amide bonds. The lowest BCUT2D eigenvalue weighted by Crippen LogP contribution is -2.64. The Labute approximate surface area is 113 Å². The lowest BCUT2D eigenvalue weighted by molar-refractivity contribution is -0.147. The predicted octanol–water partition coefficient (Wildman–Crippen LogP) is 1.91. The van der Waals surface area contributed by atoms with E-state index in [1.807, 2.05) is 20.8 Å². The van der Waals surface area contributed by atoms with Crippen LogP contribution in [-0.4, -0.2) is 16.9 Å². The molecule has 0 aromatic heterocycles. The van der Waals surface area contributed by atoms with Gasteiger partial charge in [0.15, 0.2) is 5.11 Å². The van der Waals surface area contributed by atoms with E-state index in [1.54, 1.807) is 0 Å². The molecule has 0 aliphatic carbocycles. The van der Waals surface area contributed by atoms with Gasteiger partial charge in [0.1, 0.15) is 5.41 Å². The van der Waals surface area contributed by atoms with Gasteiger partial charge in [-0.25, -0.2) is 0 Å². The molecule has 0 bridgehead atoms. The van der Waals surface area contributed by atoms with Crippen LogP contribution in [0.3, 0.4) is 0 Å². The largest absolute Gasteiger partial charge is 0.302 e. The van der Waals surface area contributed by atoms with Crippen molar-refractivity contribution in [3.63, 3.8) is 0 Å². The normalized spacial score (nSPS) is 20.1. The Hall–Kier alpha value is -1.23. The van der Waals surface area contributed by atoms with Gasteiger partial charge in [0.05, 0.1) is 0 Å². The van der Waals surface area contributed by atoms with E-state index in [0.717, 1.165) is 18.4 Å². The highest BCUT2D eigenvalue weighted by Gasteiger charge is 2.52. The summed E-state index contributed by atoms with van der Waals surface area (Å²) >= 11 is 4.84. The Morgan fingerprint density at radius 2 is 1.89 bits per heavy atom. The predicted molar refractivity (Wildman–Crippen MR) is 74.8 cm³/mol. The van der Waals surface area contributed by atoms with Gasteiger partial charge in [-0.3, -0.25) is 9.59 Å². The summed E-state index contributed by atoms with van der Waals surface area (Å²) in [6.45, 7) is 9.63. The maximum atomic E-state index is 12.3. The Bertz CT molecular complexity index is 384. The highest BCUT2D eigenvalue weighted by atomic mass is 32.1. The molecule has 5 heteroatoms. The zero-order valence-corrected chi connectivity index (χ0v) is 11.9. The van der Waals surface area contributed by atoms with Crippen LogP contribution >= 0.6 is 12.2 Å². The first-order chi connectivity index (χ1) is 8.34. The van der Waals surface area contributed by atoms with Gasteiger partial charge in [0, 0.05) is 0 Å². The van der Waals surface area contributed by atoms with Gasteiger partial charge in [0.2, 0.25) is 11.8 Å². The van der Waals surface area contributed by atoms with Gasteiger partial charge >= 0.3 is 0 Å². The molecule has 0 radical (unpaired) electrons. The van der Waals surface area contributed by atoms with Crippen LogP contribution < -0.4 is 10.6 Å². The summed E-state index contributed by atoms with van der Waals surface area (Å²) in [6, 6.07) is 0. The summed E-state index contributed by atoms with van der Waals surface area (Å²) in [5.74, 6) is -0.664. The van der Waals surface area contributed by atoms with Gasteiger partial charge in [-0.2, -0.15) is 0 Å². The molecule has 1 aliphatic heterocycles. The summed E-state index contributed by atoms with van der Waals surface area (Å²) in [4.78, 5) is 24.6. The van der Waals surface area contributed by atoms with Crippen molar-refractivity contribution in [2.24, 2.45) is 11.3 Å². The summed E-state index contributed by atoms with van der Waals surface area (Å²) in [7, 11) is 0. The smallest absolute Gasteiger partial charge is 0.242 e. The van der Waals surface area contributed by atoms with Crippen LogP contribution in [0.5, 0.6) is 0 Å². The number of thiocarbonyl (C=S) groups is 1. The molecule has 1 heterocycles. The number of allylic oxidation sites excluding steroid dienone is 1. The number of carbonyl (C=O) groups is 2. The van der Waals surface area contributed by atoms with Crippen LogP contribution in [0.2, 0.25) is 0 Å². The van der Waals surface area contributed by atoms with Crippen LogP contribution in [0.1, 0.15) is 40.0 Å². The Kier molecular flexibility index (Phi) is 4.62. The van der Waals surface area contributed by atoms with E-state index >= 15 is 0 Å². The minimum absolute atomic E-state index is 0.0534. The van der Waals surface area contributed by atoms with Gasteiger partial charge in [-0.15, -0.1) is 6.58 Å². The average molecular weight is 268 g/mol. The number of hydrogen-bond acceptors (Lipinski definition) is 3. The van der Waals surface area contributed by atoms with E-state index in [-0.39, 0.29) is 22.8 Å². The molecule has 0 saturated carbocycles. The minimum atomic E-state index is -1.08. The van der Waals surface area contributed by atoms with Crippen molar-refractivity contribution in [3.05, 3.63) is 12.2 Å². The van der Waals surface area contributed by atoms with Crippen LogP contribution in [0.25, 0.3) is 0 Å². The lowest BCUT2D eigenvalue weighted by Gasteiger charge is -2.39. The van der Waals surface area contributed by atoms with Crippen molar-refractivity contribution in [3.8, 4) is 0 Å². The zero-order chi connectivity index (χ0) is 13.9. The van der Waals surface area contributed by atoms with Gasteiger partial charge in [-0.05, 0) is 37.9 Å². The monoisotopic (exact) mass is 268 g/mol. The van der Waals surface area contributed by atoms with Crippen LogP contribution in [0.15, 0.2) is 12.2 Å². The maximum Gasteiger partial charge on any atom is 0.242 e. The second kappa shape index (κ2) is 5.61. The molecule has 0 aromatic rings. The quantitative estimate of drug-likeness (QED) is 0.455. The molecule has 0 aromatic carbocycles. The first-order valence-electron chi connectivity index (χ1n) is 6.15. The summed E-state index contributed by atoms with van der Waals surface area (Å²) in [6.07, 6.45) is 2.08. The molecule has 0 spiro atoms. The first-order valence-corrected chi connectivity index (χ1v) is 6.56. The van der Waals surface area contributed by atoms with Crippen LogP contribution in [0.4, 0.5) is 0 Å². The molecule has 18 heavy (non-hydrogen) atoms. The topological polar surface area (TPSA) is 58.2 Å². The Balaban J connectivity index is 3.17. The number of nitrogens with one attached hydrogen (secondary N) is 2. The lowest BCUT2D eigenvalue weighted by atomic mass is 9.68. The molecular formula is C13H20N2O2S. The molecule has 1 unspecified atom stereocenters. The van der Waals surface area contributed by atoms with E-state index in [4.69, 9.17) is 12.2 Å². The van der Waals surface area contributed by atoms with Crippen LogP contribution in [0, 0.1) is 11.3 Å². The van der Waals surface area contributed by atoms with Crippen molar-refractivity contribution in [2.45, 2.75) is 40.0 Å². The van der Waals surface area contributed by atoms with E-state index in [2.05, 4.69) is 17.2 Å². The summed E-state index contributed by atoms with van der Waals surface area (Å²) < 4.78 is 0. The van der Waals surface area contributed by atoms with Crippen LogP contribution in [-0.2, 0) is 9.59 Å². The zero-order valence-electron chi connectivity index (χ0n) is 11.1. The molecule has 1 fully saturated rings. The van der Waals surface area contributed by atoms with Crippen molar-refractivity contribution in [1.82, 2.24) is 10.6 Å². The van der Waals surface area contributed by atoms with Gasteiger partial charge in [0.25, 0.3) is 0 Å². The first kappa shape index (κ1) is 14.8. The summed E-state index contributed by atoms with van der Waals surface area (Å²) in [5, 5.41) is 5.22. The number of carbonyl (C=O) groups excluding carboxylic acids is 2. The Morgan fingerprint density at radius 3 is 2.28 bits per heavy atom. The highest BCUT2D eigenvalue weighted by molar-refractivity contribution is 7.80. The molecular weight excluding hydrogens is 248 g/mol. The molecule has 100 valence electrons. The van der Waals surface area contributed by atoms with E-state index < -0.39 is 5.41 Å². The van der Waals surface area contributed by atoms with Crippen molar-refractivity contribution < 1.29 is 9.59 Å². The third kappa shape index (κ3) is 2.61. The van der Waals surface area contributed by atoms with Gasteiger partial charge < -0.3 is 10.6 Å². The maximum absolute atomic E-state index is 12.3. The van der Waals surface area contributed by atoms with E-state index in [0.29, 0.717) is 6.42 Å². The fraction of sp³-hybridized carbons (Fsp3) is 0.615. The molecule has 4 nitrogen and oxygen atoms in total. The standard InChI is InChI=1S/C13H20N2O2S/c1-5-6-9(4)13(7-8(2)3)10(16)14-12(18)15-11(13)17/h9H,2,5-7H2,1,3-4H3,(H2,14,15,16,17,18). The van der Waals surface area contributed by atoms with Crippen molar-refractivity contribution in [1.29, 1.82) is 0 Å². The molecule has 2 N–H and O–H groups in total. The SMILES string of the molecule is C=C(C)CC1(C(C)CCC)C(=O)NC(=S)NC1=O. The fourth-order valence-corrected chi connectivity index (χ4v) is 2.69. The second-order valence-electron chi connectivity index (χ2n) is 5.03. The third-order valence-electron chi connectivity index (χ3n) is 3.41. The number of amides is 2. The molecule has 1 saturated heterocycles. The average Bonchev–Trinajstić information content (AvgIpc) is 2.23. The molecule has 1 rings (SSSR count). The van der Waals surface area contributed by atoms with Gasteiger partial charge in [-0.1, -0.05) is 25.8 Å². The van der Waals surface area contributed by atoms with Crippen molar-refractivity contribution in [2.75, 3.05) is 0 Å². The number of hydrogen-bond donors (Lipinski definition) is 2. The molecule has 1 atom stereocenters. The summed E-state index contributed by atoms with van der Waals surface area (Å²) in [5.41, 5.74) is -0.263.